The molecule has 11 heteroatoms. The number of aromatic nitrogens is 1. The molecule has 3 N–H and O–H groups in total. The number of anilines is 2. The number of carbonyl (C=O) groups is 1. The number of rotatable bonds is 10. The highest BCUT2D eigenvalue weighted by Crippen LogP contribution is 2.32. The molecule has 1 aromatic heterocycles. The van der Waals surface area contributed by atoms with Crippen LogP contribution in [0.4, 0.5) is 10.8 Å². The highest BCUT2D eigenvalue weighted by atomic mass is 32.2. The van der Waals surface area contributed by atoms with Gasteiger partial charge in [0.05, 0.1) is 23.4 Å². The molecule has 0 unspecified atom stereocenters. The molecule has 1 saturated carbocycles. The van der Waals surface area contributed by atoms with E-state index in [1.807, 2.05) is 18.5 Å². The Balaban J connectivity index is 1.39. The van der Waals surface area contributed by atoms with E-state index in [9.17, 15) is 13.2 Å². The first-order chi connectivity index (χ1) is 17.8. The lowest BCUT2D eigenvalue weighted by Gasteiger charge is -2.22. The van der Waals surface area contributed by atoms with Crippen LogP contribution >= 0.6 is 11.3 Å². The zero-order valence-electron chi connectivity index (χ0n) is 21.2. The van der Waals surface area contributed by atoms with Crippen molar-refractivity contribution in [2.45, 2.75) is 50.0 Å². The third kappa shape index (κ3) is 6.79. The number of carbonyl (C=O) groups excluding carboxylic acids is 1. The maximum absolute atomic E-state index is 12.8. The van der Waals surface area contributed by atoms with Crippen LogP contribution in [0.2, 0.25) is 0 Å². The Hall–Kier alpha value is -3.15. The Morgan fingerprint density at radius 1 is 1.11 bits per heavy atom. The van der Waals surface area contributed by atoms with E-state index in [0.717, 1.165) is 48.5 Å². The smallest absolute Gasteiger partial charge is 0.262 e. The second kappa shape index (κ2) is 11.9. The van der Waals surface area contributed by atoms with E-state index in [1.165, 1.54) is 24.5 Å². The molecule has 2 aromatic carbocycles. The van der Waals surface area contributed by atoms with Crippen molar-refractivity contribution in [1.82, 2.24) is 9.71 Å². The summed E-state index contributed by atoms with van der Waals surface area (Å²) in [7, 11) is -0.270. The monoisotopic (exact) mass is 544 g/mol. The average molecular weight is 545 g/mol. The molecular weight excluding hydrogens is 512 g/mol. The van der Waals surface area contributed by atoms with Gasteiger partial charge in [0, 0.05) is 24.0 Å². The number of nitrogens with zero attached hydrogens (tertiary/aromatic N) is 1. The number of ether oxygens (including phenoxy) is 2. The van der Waals surface area contributed by atoms with Crippen LogP contribution in [-0.2, 0) is 14.8 Å². The molecule has 0 radical (unpaired) electrons. The summed E-state index contributed by atoms with van der Waals surface area (Å²) in [6.45, 7) is 1.51. The first kappa shape index (κ1) is 26.9. The summed E-state index contributed by atoms with van der Waals surface area (Å²) in [6.07, 6.45) is 4.96. The van der Waals surface area contributed by atoms with E-state index in [4.69, 9.17) is 9.47 Å². The van der Waals surface area contributed by atoms with Crippen LogP contribution in [0.25, 0.3) is 11.3 Å². The van der Waals surface area contributed by atoms with Crippen LogP contribution in [0.1, 0.15) is 37.7 Å². The molecule has 0 aliphatic heterocycles. The fourth-order valence-electron chi connectivity index (χ4n) is 4.27. The first-order valence-corrected chi connectivity index (χ1v) is 14.5. The molecule has 1 aliphatic carbocycles. The quantitative estimate of drug-likeness (QED) is 0.336. The molecule has 198 valence electrons. The van der Waals surface area contributed by atoms with Crippen LogP contribution in [0, 0.1) is 6.92 Å². The van der Waals surface area contributed by atoms with E-state index in [-0.39, 0.29) is 23.5 Å². The third-order valence-electron chi connectivity index (χ3n) is 6.23. The molecule has 4 rings (SSSR count). The van der Waals surface area contributed by atoms with Gasteiger partial charge in [0.25, 0.3) is 5.91 Å². The topological polar surface area (TPSA) is 119 Å². The summed E-state index contributed by atoms with van der Waals surface area (Å²) < 4.78 is 39.5. The van der Waals surface area contributed by atoms with Crippen molar-refractivity contribution < 1.29 is 22.7 Å². The first-order valence-electron chi connectivity index (χ1n) is 12.2. The van der Waals surface area contributed by atoms with Gasteiger partial charge in [-0.2, -0.15) is 0 Å². The van der Waals surface area contributed by atoms with E-state index in [2.05, 4.69) is 20.3 Å². The van der Waals surface area contributed by atoms with Crippen LogP contribution < -0.4 is 24.8 Å². The minimum absolute atomic E-state index is 0.0185. The highest BCUT2D eigenvalue weighted by molar-refractivity contribution is 7.89. The highest BCUT2D eigenvalue weighted by Gasteiger charge is 2.22. The molecule has 0 saturated heterocycles. The van der Waals surface area contributed by atoms with Gasteiger partial charge in [-0.05, 0) is 61.7 Å². The lowest BCUT2D eigenvalue weighted by atomic mass is 9.96. The molecule has 1 fully saturated rings. The molecule has 1 amide bonds. The van der Waals surface area contributed by atoms with Gasteiger partial charge in [0.15, 0.2) is 11.7 Å². The number of hydrogen-bond donors (Lipinski definition) is 3. The maximum atomic E-state index is 12.8. The van der Waals surface area contributed by atoms with Gasteiger partial charge in [-0.3, -0.25) is 4.79 Å². The van der Waals surface area contributed by atoms with E-state index < -0.39 is 10.0 Å². The Morgan fingerprint density at radius 3 is 2.54 bits per heavy atom. The molecular formula is C26H32N4O5S2. The summed E-state index contributed by atoms with van der Waals surface area (Å²) in [5.74, 6) is 0.576. The largest absolute Gasteiger partial charge is 0.495 e. The van der Waals surface area contributed by atoms with Gasteiger partial charge in [-0.15, -0.1) is 11.3 Å². The second-order valence-corrected chi connectivity index (χ2v) is 11.5. The van der Waals surface area contributed by atoms with Crippen LogP contribution in [0.15, 0.2) is 46.7 Å². The predicted molar refractivity (Wildman–Crippen MR) is 146 cm³/mol. The van der Waals surface area contributed by atoms with Gasteiger partial charge in [-0.1, -0.05) is 19.3 Å². The summed E-state index contributed by atoms with van der Waals surface area (Å²) in [6, 6.07) is 10.1. The van der Waals surface area contributed by atoms with Crippen molar-refractivity contribution in [2.24, 2.45) is 0 Å². The standard InChI is InChI=1S/C26H32N4O5S2/c1-17-13-20(37(32,33)30-19-7-5-4-6-8-19)10-12-23(17)35-15-25(31)28-21-14-18(9-11-24(21)34-3)22-16-36-26(27-2)29-22/h9-14,16,19,30H,4-8,15H2,1-3H3,(H,27,29)(H,28,31). The van der Waals surface area contributed by atoms with E-state index >= 15 is 0 Å². The van der Waals surface area contributed by atoms with Gasteiger partial charge >= 0.3 is 0 Å². The fraction of sp³-hybridized carbons (Fsp3) is 0.385. The summed E-state index contributed by atoms with van der Waals surface area (Å²) in [4.78, 5) is 17.4. The number of methoxy groups -OCH3 is 1. The van der Waals surface area contributed by atoms with E-state index in [0.29, 0.717) is 22.7 Å². The Labute approximate surface area is 221 Å². The Bertz CT molecular complexity index is 1350. The van der Waals surface area contributed by atoms with Crippen molar-refractivity contribution in [3.63, 3.8) is 0 Å². The number of nitrogens with one attached hydrogen (secondary N) is 3. The summed E-state index contributed by atoms with van der Waals surface area (Å²) in [5.41, 5.74) is 2.75. The molecule has 3 aromatic rings. The number of hydrogen-bond acceptors (Lipinski definition) is 8. The molecule has 0 atom stereocenters. The molecule has 37 heavy (non-hydrogen) atoms. The predicted octanol–water partition coefficient (Wildman–Crippen LogP) is 4.80. The van der Waals surface area contributed by atoms with Crippen LogP contribution in [0.3, 0.4) is 0 Å². The summed E-state index contributed by atoms with van der Waals surface area (Å²) >= 11 is 1.49. The van der Waals surface area contributed by atoms with Crippen LogP contribution in [-0.4, -0.2) is 46.1 Å². The van der Waals surface area contributed by atoms with Gasteiger partial charge < -0.3 is 20.1 Å². The minimum atomic E-state index is -3.61. The zero-order valence-corrected chi connectivity index (χ0v) is 22.8. The van der Waals surface area contributed by atoms with Crippen molar-refractivity contribution in [1.29, 1.82) is 0 Å². The lowest BCUT2D eigenvalue weighted by molar-refractivity contribution is -0.118. The number of sulfonamides is 1. The van der Waals surface area contributed by atoms with Gasteiger partial charge in [0.1, 0.15) is 11.5 Å². The maximum Gasteiger partial charge on any atom is 0.262 e. The lowest BCUT2D eigenvalue weighted by Crippen LogP contribution is -2.36. The van der Waals surface area contributed by atoms with Gasteiger partial charge in [0.2, 0.25) is 10.0 Å². The van der Waals surface area contributed by atoms with Gasteiger partial charge in [-0.25, -0.2) is 18.1 Å². The third-order valence-corrected chi connectivity index (χ3v) is 8.61. The molecule has 1 aliphatic rings. The average Bonchev–Trinajstić information content (AvgIpc) is 3.38. The number of amides is 1. The molecule has 0 spiro atoms. The van der Waals surface area contributed by atoms with Crippen LogP contribution in [0.5, 0.6) is 11.5 Å². The number of benzene rings is 2. The number of aryl methyl sites for hydroxylation is 1. The Morgan fingerprint density at radius 2 is 1.86 bits per heavy atom. The fourth-order valence-corrected chi connectivity index (χ4v) is 6.35. The zero-order chi connectivity index (χ0) is 26.4. The second-order valence-electron chi connectivity index (χ2n) is 8.92. The van der Waals surface area contributed by atoms with Crippen molar-refractivity contribution in [3.05, 3.63) is 47.3 Å². The van der Waals surface area contributed by atoms with Crippen molar-refractivity contribution in [3.8, 4) is 22.8 Å². The summed E-state index contributed by atoms with van der Waals surface area (Å²) in [5, 5.41) is 8.57. The normalized spacial score (nSPS) is 14.2. The molecule has 9 nitrogen and oxygen atoms in total. The van der Waals surface area contributed by atoms with E-state index in [1.54, 1.807) is 31.2 Å². The minimum Gasteiger partial charge on any atom is -0.495 e. The van der Waals surface area contributed by atoms with Crippen molar-refractivity contribution in [2.75, 3.05) is 31.4 Å². The number of thiazole rings is 1. The van der Waals surface area contributed by atoms with Crippen molar-refractivity contribution >= 4 is 38.1 Å². The molecule has 1 heterocycles. The molecule has 0 bridgehead atoms. The Kier molecular flexibility index (Phi) is 8.67. The SMILES string of the molecule is CNc1nc(-c2ccc(OC)c(NC(=O)COc3ccc(S(=O)(=O)NC4CCCCC4)cc3C)c2)cs1.